The SMILES string of the molecule is [2H]C1([2H])Oc2ccc(C([2H])([2H])[C@]([2H])(C)NC([2H])([2H])C([2H])([2H])[2H])cc2O1. The predicted octanol–water partition coefficient (Wildman–Crippen LogP) is 1.96. The van der Waals surface area contributed by atoms with Gasteiger partial charge in [0.1, 0.15) is 2.74 Å². The fourth-order valence-corrected chi connectivity index (χ4v) is 1.20. The van der Waals surface area contributed by atoms with Gasteiger partial charge in [0.2, 0.25) is 6.75 Å². The van der Waals surface area contributed by atoms with Crippen molar-refractivity contribution in [2.75, 3.05) is 13.2 Å². The van der Waals surface area contributed by atoms with E-state index in [-0.39, 0.29) is 17.1 Å². The summed E-state index contributed by atoms with van der Waals surface area (Å²) in [5.41, 5.74) is -0.126. The minimum atomic E-state index is -3.10. The maximum atomic E-state index is 8.19. The van der Waals surface area contributed by atoms with E-state index in [0.29, 0.717) is 0 Å². The molecule has 0 unspecified atom stereocenters. The molecule has 0 amide bonds. The minimum absolute atomic E-state index is 0.0574. The lowest BCUT2D eigenvalue weighted by atomic mass is 10.1. The van der Waals surface area contributed by atoms with Gasteiger partial charge in [-0.15, -0.1) is 0 Å². The molecule has 1 aromatic carbocycles. The Kier molecular flexibility index (Phi) is 1.11. The number of benzene rings is 1. The monoisotopic (exact) mass is 217 g/mol. The Balaban J connectivity index is 2.35. The van der Waals surface area contributed by atoms with Gasteiger partial charge in [0.05, 0.1) is 0 Å². The number of hydrogen-bond acceptors (Lipinski definition) is 3. The third-order valence-electron chi connectivity index (χ3n) is 1.83. The highest BCUT2D eigenvalue weighted by Crippen LogP contribution is 2.32. The summed E-state index contributed by atoms with van der Waals surface area (Å²) in [6.07, 6.45) is -2.54. The average molecular weight is 217 g/mol. The third-order valence-corrected chi connectivity index (χ3v) is 1.83. The normalized spacial score (nSPS) is 33.4. The zero-order valence-corrected chi connectivity index (χ0v) is 8.05. The minimum Gasteiger partial charge on any atom is -0.454 e. The first-order valence-electron chi connectivity index (χ1n) is 9.30. The molecule has 1 aliphatic heterocycles. The highest BCUT2D eigenvalue weighted by atomic mass is 16.7. The first-order valence-corrected chi connectivity index (χ1v) is 4.30. The Morgan fingerprint density at radius 3 is 3.40 bits per heavy atom. The van der Waals surface area contributed by atoms with Crippen molar-refractivity contribution >= 4 is 0 Å². The summed E-state index contributed by atoms with van der Waals surface area (Å²) in [4.78, 5) is 0. The van der Waals surface area contributed by atoms with Crippen molar-refractivity contribution in [1.82, 2.24) is 5.32 Å². The first kappa shape index (κ1) is 3.67. The molecule has 82 valence electrons. The molecule has 0 saturated carbocycles. The van der Waals surface area contributed by atoms with Crippen molar-refractivity contribution in [1.29, 1.82) is 0 Å². The van der Waals surface area contributed by atoms with Crippen molar-refractivity contribution in [2.45, 2.75) is 26.2 Å². The predicted molar refractivity (Wildman–Crippen MR) is 59.4 cm³/mol. The topological polar surface area (TPSA) is 30.5 Å². The van der Waals surface area contributed by atoms with Crippen molar-refractivity contribution in [3.8, 4) is 11.5 Å². The number of nitrogens with one attached hydrogen (secondary N) is 1. The third kappa shape index (κ3) is 2.42. The van der Waals surface area contributed by atoms with Gasteiger partial charge in [-0.2, -0.15) is 0 Å². The van der Waals surface area contributed by atoms with Crippen molar-refractivity contribution in [3.05, 3.63) is 23.8 Å². The molecule has 3 heteroatoms. The Morgan fingerprint density at radius 2 is 2.53 bits per heavy atom. The Bertz CT molecular complexity index is 670. The molecule has 2 rings (SSSR count). The number of fused-ring (bicyclic) bond motifs is 1. The fourth-order valence-electron chi connectivity index (χ4n) is 1.20. The molecule has 1 aliphatic rings. The number of hydrogen-bond donors (Lipinski definition) is 1. The maximum absolute atomic E-state index is 8.19. The highest BCUT2D eigenvalue weighted by molar-refractivity contribution is 5.44. The maximum Gasteiger partial charge on any atom is 0.231 e. The molecule has 1 aromatic rings. The molecule has 1 N–H and O–H groups in total. The van der Waals surface area contributed by atoms with E-state index in [0.717, 1.165) is 13.0 Å². The van der Waals surface area contributed by atoms with Crippen LogP contribution in [0, 0.1) is 0 Å². The van der Waals surface area contributed by atoms with E-state index in [1.165, 1.54) is 12.1 Å². The second kappa shape index (κ2) is 4.53. The first-order chi connectivity index (χ1) is 11.0. The molecular weight excluding hydrogens is 190 g/mol. The van der Waals surface area contributed by atoms with Crippen LogP contribution in [0.5, 0.6) is 11.5 Å². The summed E-state index contributed by atoms with van der Waals surface area (Å²) in [6.45, 7) is -7.48. The summed E-state index contributed by atoms with van der Waals surface area (Å²) in [7, 11) is 0. The quantitative estimate of drug-likeness (QED) is 0.836. The Hall–Kier alpha value is -1.22. The standard InChI is InChI=1S/C12H17NO2/c1-3-13-9(2)6-10-4-5-11-12(7-10)15-8-14-11/h4-5,7,9,13H,3,6,8H2,1-2H3/t9-/m0/s1/i1D3,3D2,6D2,8D2,9D. The molecule has 0 spiro atoms. The van der Waals surface area contributed by atoms with Gasteiger partial charge in [-0.3, -0.25) is 0 Å². The van der Waals surface area contributed by atoms with Crippen molar-refractivity contribution in [3.63, 3.8) is 0 Å². The summed E-state index contributed by atoms with van der Waals surface area (Å²) in [5, 5.41) is 1.91. The van der Waals surface area contributed by atoms with E-state index in [2.05, 4.69) is 0 Å². The van der Waals surface area contributed by atoms with Crippen LogP contribution in [0.3, 0.4) is 0 Å². The van der Waals surface area contributed by atoms with Gasteiger partial charge in [0, 0.05) is 17.0 Å². The molecular formula is C12H17NO2. The van der Waals surface area contributed by atoms with Crippen LogP contribution in [-0.2, 0) is 6.37 Å². The van der Waals surface area contributed by atoms with Crippen LogP contribution in [0.2, 0.25) is 0 Å². The van der Waals surface area contributed by atoms with Crippen LogP contribution in [0.25, 0.3) is 0 Å². The van der Waals surface area contributed by atoms with E-state index < -0.39 is 32.5 Å². The van der Waals surface area contributed by atoms with Crippen LogP contribution < -0.4 is 14.8 Å². The Labute approximate surface area is 104 Å². The lowest BCUT2D eigenvalue weighted by Crippen LogP contribution is -2.27. The molecule has 0 aliphatic carbocycles. The van der Waals surface area contributed by atoms with Crippen LogP contribution in [0.1, 0.15) is 33.0 Å². The van der Waals surface area contributed by atoms with E-state index in [4.69, 9.17) is 23.2 Å². The second-order valence-corrected chi connectivity index (χ2v) is 2.95. The lowest BCUT2D eigenvalue weighted by molar-refractivity contribution is 0.174. The van der Waals surface area contributed by atoms with Crippen molar-refractivity contribution < 1.29 is 23.2 Å². The van der Waals surface area contributed by atoms with Gasteiger partial charge in [0.15, 0.2) is 11.5 Å². The molecule has 1 heterocycles. The largest absolute Gasteiger partial charge is 0.454 e. The summed E-state index contributed by atoms with van der Waals surface area (Å²) < 4.78 is 85.7. The second-order valence-electron chi connectivity index (χ2n) is 2.95. The lowest BCUT2D eigenvalue weighted by Gasteiger charge is -2.12. The van der Waals surface area contributed by atoms with E-state index in [1.807, 2.05) is 5.32 Å². The summed E-state index contributed by atoms with van der Waals surface area (Å²) in [6, 6.07) is 1.28. The molecule has 0 aromatic heterocycles. The fraction of sp³-hybridized carbons (Fsp3) is 0.500. The summed E-state index contributed by atoms with van der Waals surface area (Å²) >= 11 is 0. The average Bonchev–Trinajstić information content (AvgIpc) is 2.68. The molecule has 15 heavy (non-hydrogen) atoms. The van der Waals surface area contributed by atoms with Gasteiger partial charge < -0.3 is 14.8 Å². The van der Waals surface area contributed by atoms with E-state index in [1.54, 1.807) is 0 Å². The molecule has 3 nitrogen and oxygen atoms in total. The van der Waals surface area contributed by atoms with Crippen LogP contribution in [-0.4, -0.2) is 19.3 Å². The van der Waals surface area contributed by atoms with E-state index >= 15 is 0 Å². The van der Waals surface area contributed by atoms with E-state index in [9.17, 15) is 0 Å². The van der Waals surface area contributed by atoms with Gasteiger partial charge in [-0.1, -0.05) is 12.9 Å². The van der Waals surface area contributed by atoms with Crippen LogP contribution in [0.15, 0.2) is 18.2 Å². The van der Waals surface area contributed by atoms with Gasteiger partial charge in [0.25, 0.3) is 0 Å². The molecule has 0 radical (unpaired) electrons. The smallest absolute Gasteiger partial charge is 0.231 e. The molecule has 0 fully saturated rings. The summed E-state index contributed by atoms with van der Waals surface area (Å²) in [5.74, 6) is -0.0111. The number of ether oxygens (including phenoxy) is 2. The van der Waals surface area contributed by atoms with Gasteiger partial charge in [-0.25, -0.2) is 0 Å². The Morgan fingerprint density at radius 1 is 1.67 bits per heavy atom. The highest BCUT2D eigenvalue weighted by Gasteiger charge is 2.13. The van der Waals surface area contributed by atoms with Crippen molar-refractivity contribution in [2.24, 2.45) is 0 Å². The van der Waals surface area contributed by atoms with Crippen LogP contribution in [0.4, 0.5) is 0 Å². The number of rotatable bonds is 4. The number of likely N-dealkylation sites (N-methyl/N-ethyl adjacent to an activating group) is 1. The molecule has 1 atom stereocenters. The van der Waals surface area contributed by atoms with Crippen LogP contribution >= 0.6 is 0 Å². The van der Waals surface area contributed by atoms with Gasteiger partial charge >= 0.3 is 0 Å². The zero-order chi connectivity index (χ0) is 19.5. The van der Waals surface area contributed by atoms with Gasteiger partial charge in [-0.05, 0) is 37.5 Å². The molecule has 0 saturated heterocycles. The zero-order valence-electron chi connectivity index (χ0n) is 18.0. The molecule has 0 bridgehead atoms.